The van der Waals surface area contributed by atoms with Crippen molar-refractivity contribution in [2.75, 3.05) is 6.61 Å². The summed E-state index contributed by atoms with van der Waals surface area (Å²) in [6.45, 7) is 6.79. The first-order valence-electron chi connectivity index (χ1n) is 2.40. The number of hydrogen-bond acceptors (Lipinski definition) is 2. The molecule has 0 amide bonds. The van der Waals surface area contributed by atoms with Crippen molar-refractivity contribution in [2.45, 2.75) is 13.8 Å². The minimum atomic E-state index is 0.0213. The largest absolute Gasteiger partial charge is 0.491 e. The van der Waals surface area contributed by atoms with Gasteiger partial charge in [0.25, 0.3) is 0 Å². The molecule has 0 fully saturated rings. The summed E-state index contributed by atoms with van der Waals surface area (Å²) in [6, 6.07) is 0. The van der Waals surface area contributed by atoms with Gasteiger partial charge >= 0.3 is 0 Å². The smallest absolute Gasteiger partial charge is 0.167 e. The minimum absolute atomic E-state index is 0.0213. The van der Waals surface area contributed by atoms with Crippen LogP contribution in [-0.2, 0) is 9.53 Å². The predicted octanol–water partition coefficient (Wildman–Crippen LogP) is 1.13. The molecule has 0 atom stereocenters. The van der Waals surface area contributed by atoms with Gasteiger partial charge in [0.2, 0.25) is 0 Å². The van der Waals surface area contributed by atoms with E-state index in [2.05, 4.69) is 6.58 Å². The van der Waals surface area contributed by atoms with Crippen LogP contribution in [0.2, 0.25) is 0 Å². The zero-order valence-electron chi connectivity index (χ0n) is 5.23. The summed E-state index contributed by atoms with van der Waals surface area (Å²) < 4.78 is 4.76. The second-order valence-electron chi connectivity index (χ2n) is 1.69. The topological polar surface area (TPSA) is 26.3 Å². The van der Waals surface area contributed by atoms with Gasteiger partial charge in [-0.05, 0) is 13.8 Å². The third-order valence-corrected chi connectivity index (χ3v) is 0.522. The van der Waals surface area contributed by atoms with Crippen molar-refractivity contribution in [3.05, 3.63) is 12.3 Å². The average Bonchev–Trinajstić information content (AvgIpc) is 1.61. The van der Waals surface area contributed by atoms with Crippen molar-refractivity contribution in [3.8, 4) is 0 Å². The molecule has 0 N–H and O–H groups in total. The highest BCUT2D eigenvalue weighted by Crippen LogP contribution is 1.88. The molecule has 0 rings (SSSR count). The summed E-state index contributed by atoms with van der Waals surface area (Å²) in [6.07, 6.45) is 0. The van der Waals surface area contributed by atoms with E-state index in [0.29, 0.717) is 5.76 Å². The van der Waals surface area contributed by atoms with Gasteiger partial charge in [0.1, 0.15) is 6.61 Å². The van der Waals surface area contributed by atoms with Crippen LogP contribution in [0.25, 0.3) is 0 Å². The van der Waals surface area contributed by atoms with Crippen molar-refractivity contribution < 1.29 is 9.53 Å². The van der Waals surface area contributed by atoms with E-state index in [0.717, 1.165) is 0 Å². The Morgan fingerprint density at radius 1 is 1.62 bits per heavy atom. The summed E-state index contributed by atoms with van der Waals surface area (Å²) in [4.78, 5) is 10.2. The van der Waals surface area contributed by atoms with Gasteiger partial charge in [0.15, 0.2) is 5.78 Å². The maximum atomic E-state index is 10.2. The molecule has 8 heavy (non-hydrogen) atoms. The van der Waals surface area contributed by atoms with Gasteiger partial charge in [-0.1, -0.05) is 6.58 Å². The Morgan fingerprint density at radius 2 is 2.12 bits per heavy atom. The molecule has 0 aromatic rings. The lowest BCUT2D eigenvalue weighted by Gasteiger charge is -1.98. The van der Waals surface area contributed by atoms with E-state index in [9.17, 15) is 4.79 Å². The lowest BCUT2D eigenvalue weighted by atomic mass is 10.5. The molecule has 0 radical (unpaired) electrons. The van der Waals surface area contributed by atoms with Gasteiger partial charge in [0, 0.05) is 0 Å². The number of ether oxygens (including phenoxy) is 1. The van der Waals surface area contributed by atoms with Crippen LogP contribution in [0.15, 0.2) is 12.3 Å². The highest BCUT2D eigenvalue weighted by atomic mass is 16.5. The van der Waals surface area contributed by atoms with Gasteiger partial charge in [0.05, 0.1) is 5.76 Å². The van der Waals surface area contributed by atoms with Gasteiger partial charge in [-0.15, -0.1) is 0 Å². The fraction of sp³-hybridized carbons (Fsp3) is 0.500. The first-order valence-corrected chi connectivity index (χ1v) is 2.40. The normalized spacial score (nSPS) is 8.25. The van der Waals surface area contributed by atoms with Crippen LogP contribution < -0.4 is 0 Å². The highest BCUT2D eigenvalue weighted by Gasteiger charge is 1.89. The first-order chi connectivity index (χ1) is 3.63. The number of rotatable bonds is 3. The standard InChI is InChI=1S/C6H10O2/c1-5(2)8-4-6(3)7/h1,4H2,2-3H3. The van der Waals surface area contributed by atoms with Crippen LogP contribution in [0.1, 0.15) is 13.8 Å². The molecule has 2 heteroatoms. The third kappa shape index (κ3) is 5.21. The molecule has 0 aromatic heterocycles. The highest BCUT2D eigenvalue weighted by molar-refractivity contribution is 5.76. The quantitative estimate of drug-likeness (QED) is 0.514. The Labute approximate surface area is 49.1 Å². The molecule has 0 saturated heterocycles. The molecule has 0 saturated carbocycles. The number of carbonyl (C=O) groups excluding carboxylic acids is 1. The van der Waals surface area contributed by atoms with Crippen LogP contribution >= 0.6 is 0 Å². The fourth-order valence-corrected chi connectivity index (χ4v) is 0.225. The molecule has 0 aromatic carbocycles. The lowest BCUT2D eigenvalue weighted by molar-refractivity contribution is -0.120. The number of hydrogen-bond donors (Lipinski definition) is 0. The van der Waals surface area contributed by atoms with Crippen molar-refractivity contribution in [1.82, 2.24) is 0 Å². The van der Waals surface area contributed by atoms with E-state index in [1.54, 1.807) is 6.92 Å². The van der Waals surface area contributed by atoms with E-state index < -0.39 is 0 Å². The molecule has 0 aliphatic carbocycles. The Kier molecular flexibility index (Phi) is 2.92. The van der Waals surface area contributed by atoms with Gasteiger partial charge in [-0.3, -0.25) is 4.79 Å². The second kappa shape index (κ2) is 3.24. The molecule has 2 nitrogen and oxygen atoms in total. The van der Waals surface area contributed by atoms with Crippen molar-refractivity contribution in [2.24, 2.45) is 0 Å². The van der Waals surface area contributed by atoms with Crippen molar-refractivity contribution >= 4 is 5.78 Å². The lowest BCUT2D eigenvalue weighted by Crippen LogP contribution is -2.01. The zero-order chi connectivity index (χ0) is 6.57. The number of allylic oxidation sites excluding steroid dienone is 1. The Hall–Kier alpha value is -0.790. The van der Waals surface area contributed by atoms with E-state index in [-0.39, 0.29) is 12.4 Å². The molecule has 0 spiro atoms. The fourth-order valence-electron chi connectivity index (χ4n) is 0.225. The Balaban J connectivity index is 3.18. The van der Waals surface area contributed by atoms with E-state index in [1.165, 1.54) is 6.92 Å². The summed E-state index contributed by atoms with van der Waals surface area (Å²) >= 11 is 0. The maximum absolute atomic E-state index is 10.2. The number of ketones is 1. The second-order valence-corrected chi connectivity index (χ2v) is 1.69. The Bertz CT molecular complexity index is 91.1. The molecule has 0 aliphatic rings. The minimum Gasteiger partial charge on any atom is -0.491 e. The number of Topliss-reactive ketones (excluding diaryl/α,β-unsaturated/α-hetero) is 1. The van der Waals surface area contributed by atoms with Crippen LogP contribution in [0.3, 0.4) is 0 Å². The van der Waals surface area contributed by atoms with Gasteiger partial charge in [-0.25, -0.2) is 0 Å². The summed E-state index contributed by atoms with van der Waals surface area (Å²) in [5.41, 5.74) is 0. The third-order valence-electron chi connectivity index (χ3n) is 0.522. The average molecular weight is 114 g/mol. The summed E-state index contributed by atoms with van der Waals surface area (Å²) in [5.74, 6) is 0.605. The van der Waals surface area contributed by atoms with Crippen LogP contribution in [0.5, 0.6) is 0 Å². The molecular formula is C6H10O2. The van der Waals surface area contributed by atoms with Crippen molar-refractivity contribution in [1.29, 1.82) is 0 Å². The van der Waals surface area contributed by atoms with E-state index >= 15 is 0 Å². The molecule has 0 unspecified atom stereocenters. The van der Waals surface area contributed by atoms with Crippen LogP contribution in [0, 0.1) is 0 Å². The molecule has 0 aliphatic heterocycles. The van der Waals surface area contributed by atoms with Gasteiger partial charge in [-0.2, -0.15) is 0 Å². The molecule has 0 heterocycles. The number of carbonyl (C=O) groups is 1. The zero-order valence-corrected chi connectivity index (χ0v) is 5.23. The van der Waals surface area contributed by atoms with Crippen LogP contribution in [0.4, 0.5) is 0 Å². The molecular weight excluding hydrogens is 104 g/mol. The van der Waals surface area contributed by atoms with E-state index in [4.69, 9.17) is 4.74 Å². The maximum Gasteiger partial charge on any atom is 0.167 e. The van der Waals surface area contributed by atoms with Crippen LogP contribution in [-0.4, -0.2) is 12.4 Å². The summed E-state index contributed by atoms with van der Waals surface area (Å²) in [5, 5.41) is 0. The molecule has 46 valence electrons. The van der Waals surface area contributed by atoms with Gasteiger partial charge < -0.3 is 4.74 Å². The summed E-state index contributed by atoms with van der Waals surface area (Å²) in [7, 11) is 0. The molecule has 0 bridgehead atoms. The first kappa shape index (κ1) is 7.21. The Morgan fingerprint density at radius 3 is 2.25 bits per heavy atom. The van der Waals surface area contributed by atoms with E-state index in [1.807, 2.05) is 0 Å². The van der Waals surface area contributed by atoms with Crippen molar-refractivity contribution in [3.63, 3.8) is 0 Å². The monoisotopic (exact) mass is 114 g/mol. The SMILES string of the molecule is C=C(C)OCC(C)=O. The predicted molar refractivity (Wildman–Crippen MR) is 31.4 cm³/mol.